The predicted molar refractivity (Wildman–Crippen MR) is 156 cm³/mol. The molecule has 0 atom stereocenters. The van der Waals surface area contributed by atoms with Crippen LogP contribution in [0.25, 0.3) is 0 Å². The van der Waals surface area contributed by atoms with Crippen LogP contribution in [0, 0.1) is 0 Å². The monoisotopic (exact) mass is 519 g/mol. The maximum absolute atomic E-state index is 5.67. The summed E-state index contributed by atoms with van der Waals surface area (Å²) in [6.45, 7) is 15.3. The van der Waals surface area contributed by atoms with Crippen LogP contribution in [-0.4, -0.2) is 67.5 Å². The highest BCUT2D eigenvalue weighted by Gasteiger charge is 2.06. The topological polar surface area (TPSA) is 13.0 Å². The lowest BCUT2D eigenvalue weighted by molar-refractivity contribution is -0.00000811. The van der Waals surface area contributed by atoms with E-state index in [4.69, 9.17) is 11.1 Å². The lowest BCUT2D eigenvalue weighted by Crippen LogP contribution is -3.00. The van der Waals surface area contributed by atoms with Crippen LogP contribution in [0.4, 0.5) is 0 Å². The molecule has 4 nitrogen and oxygen atoms in total. The highest BCUT2D eigenvalue weighted by molar-refractivity contribution is 7.18. The predicted octanol–water partition coefficient (Wildman–Crippen LogP) is 5.81. The lowest BCUT2D eigenvalue weighted by Gasteiger charge is -2.17. The Hall–Kier alpha value is -0.523. The number of hydrogen-bond acceptors (Lipinski definition) is 4. The van der Waals surface area contributed by atoms with Crippen molar-refractivity contribution in [1.82, 2.24) is 19.6 Å². The second-order valence-electron chi connectivity index (χ2n) is 7.79. The molecule has 32 heavy (non-hydrogen) atoms. The molecule has 2 aliphatic rings. The van der Waals surface area contributed by atoms with Crippen LogP contribution in [0.3, 0.4) is 0 Å². The van der Waals surface area contributed by atoms with Crippen LogP contribution in [-0.2, 0) is 0 Å². The molecular weight excluding hydrogens is 455 g/mol. The fraction of sp³-hybridized carbons (Fsp3) is 0.840. The number of hydrogen-bond donors (Lipinski definition) is 0. The van der Waals surface area contributed by atoms with Crippen molar-refractivity contribution in [1.29, 1.82) is 0 Å². The average Bonchev–Trinajstić information content (AvgIpc) is 3.10. The van der Waals surface area contributed by atoms with Crippen LogP contribution in [0.15, 0.2) is 24.8 Å². The van der Waals surface area contributed by atoms with Crippen LogP contribution in [0.2, 0.25) is 19.6 Å². The smallest absolute Gasteiger partial charge is 0.147 e. The zero-order valence-corrected chi connectivity index (χ0v) is 20.5. The van der Waals surface area contributed by atoms with Crippen LogP contribution in [0.1, 0.15) is 84.1 Å². The minimum absolute atomic E-state index is 0. The second-order valence-corrected chi connectivity index (χ2v) is 15.3. The molecule has 204 valence electrons. The van der Waals surface area contributed by atoms with Gasteiger partial charge in [0.1, 0.15) is 7.38 Å². The Morgan fingerprint density at radius 1 is 0.656 bits per heavy atom. The van der Waals surface area contributed by atoms with Gasteiger partial charge in [-0.1, -0.05) is 90.9 Å². The van der Waals surface area contributed by atoms with E-state index >= 15 is 0 Å². The minimum Gasteiger partial charge on any atom is -1.00 e. The summed E-state index contributed by atoms with van der Waals surface area (Å²) in [4.78, 5) is 9.05. The lowest BCUT2D eigenvalue weighted by atomic mass is 10.3. The minimum atomic E-state index is -1.14. The Labute approximate surface area is 219 Å². The zero-order valence-electron chi connectivity index (χ0n) is 18.0. The fourth-order valence-electron chi connectivity index (χ4n) is 2.19. The van der Waals surface area contributed by atoms with Gasteiger partial charge in [-0.15, -0.1) is 0 Å². The van der Waals surface area contributed by atoms with Crippen LogP contribution < -0.4 is 12.4 Å². The van der Waals surface area contributed by atoms with Crippen molar-refractivity contribution in [2.45, 2.75) is 104 Å². The highest BCUT2D eigenvalue weighted by Crippen LogP contribution is 2.05. The van der Waals surface area contributed by atoms with Gasteiger partial charge in [0.2, 0.25) is 0 Å². The summed E-state index contributed by atoms with van der Waals surface area (Å²) in [7, 11) is 3.06. The molecular formula is C25H65Cl2N4Si-. The molecule has 0 aromatic carbocycles. The maximum atomic E-state index is 5.67. The van der Waals surface area contributed by atoms with Gasteiger partial charge in [0.05, 0.1) is 13.3 Å². The van der Waals surface area contributed by atoms with Gasteiger partial charge in [-0.25, -0.2) is 0 Å². The van der Waals surface area contributed by atoms with E-state index in [1.807, 2.05) is 0 Å². The summed E-state index contributed by atoms with van der Waals surface area (Å²) in [6.07, 6.45) is 13.7. The highest BCUT2D eigenvalue weighted by atomic mass is 35.6. The molecule has 0 aliphatic carbocycles. The van der Waals surface area contributed by atoms with Gasteiger partial charge < -0.3 is 32.0 Å². The number of nitrogens with zero attached hydrogens (tertiary/aromatic N) is 4. The molecule has 0 radical (unpaired) electrons. The van der Waals surface area contributed by atoms with E-state index in [0.29, 0.717) is 0 Å². The standard InChI is InChI=1S/2C8H16N2.C3H9ClSi.6CH4.ClH/c2*1-3-4-5-10-7-6-9(2)8-10;1-5(2,3)4;;;;;;;/h2*6-7H,3-5,8H2,1-2H3;1-3H3;6*1H4;1H/p-1. The number of halogens is 2. The van der Waals surface area contributed by atoms with E-state index in [1.54, 1.807) is 0 Å². The molecule has 0 spiro atoms. The van der Waals surface area contributed by atoms with Crippen molar-refractivity contribution in [2.24, 2.45) is 0 Å². The van der Waals surface area contributed by atoms with E-state index in [9.17, 15) is 0 Å². The van der Waals surface area contributed by atoms with Crippen molar-refractivity contribution in [3.8, 4) is 0 Å². The van der Waals surface area contributed by atoms with Gasteiger partial charge in [0, 0.05) is 52.0 Å². The quantitative estimate of drug-likeness (QED) is 0.324. The summed E-state index contributed by atoms with van der Waals surface area (Å²) in [6, 6.07) is 0. The Bertz CT molecular complexity index is 353. The first-order chi connectivity index (χ1) is 11.7. The molecule has 2 rings (SSSR count). The largest absolute Gasteiger partial charge is 1.00 e. The molecule has 7 heteroatoms. The molecule has 0 aromatic heterocycles. The molecule has 0 saturated heterocycles. The Morgan fingerprint density at radius 3 is 1.06 bits per heavy atom. The van der Waals surface area contributed by atoms with E-state index in [1.165, 1.54) is 38.8 Å². The summed E-state index contributed by atoms with van der Waals surface area (Å²) in [5.74, 6) is 0. The normalized spacial score (nSPS) is 12.5. The molecule has 2 aliphatic heterocycles. The zero-order chi connectivity index (χ0) is 19.3. The molecule has 0 N–H and O–H groups in total. The van der Waals surface area contributed by atoms with Crippen LogP contribution >= 0.6 is 11.1 Å². The second kappa shape index (κ2) is 30.5. The van der Waals surface area contributed by atoms with Gasteiger partial charge in [0.25, 0.3) is 0 Å². The van der Waals surface area contributed by atoms with Crippen molar-refractivity contribution >= 4 is 18.5 Å². The van der Waals surface area contributed by atoms with Gasteiger partial charge in [-0.05, 0) is 12.8 Å². The van der Waals surface area contributed by atoms with E-state index < -0.39 is 7.38 Å². The fourth-order valence-corrected chi connectivity index (χ4v) is 2.19. The van der Waals surface area contributed by atoms with E-state index in [-0.39, 0.29) is 57.0 Å². The van der Waals surface area contributed by atoms with Crippen molar-refractivity contribution in [3.05, 3.63) is 24.8 Å². The Morgan fingerprint density at radius 2 is 0.906 bits per heavy atom. The van der Waals surface area contributed by atoms with Gasteiger partial charge in [-0.2, -0.15) is 11.1 Å². The van der Waals surface area contributed by atoms with E-state index in [0.717, 1.165) is 13.3 Å². The molecule has 0 amide bonds. The number of unbranched alkanes of at least 4 members (excludes halogenated alkanes) is 2. The summed E-state index contributed by atoms with van der Waals surface area (Å²) >= 11 is 5.67. The van der Waals surface area contributed by atoms with Gasteiger partial charge >= 0.3 is 0 Å². The van der Waals surface area contributed by atoms with E-state index in [2.05, 4.69) is 92.0 Å². The molecule has 0 aromatic rings. The van der Waals surface area contributed by atoms with Crippen molar-refractivity contribution in [3.63, 3.8) is 0 Å². The summed E-state index contributed by atoms with van der Waals surface area (Å²) < 4.78 is 0. The third-order valence-electron chi connectivity index (χ3n) is 3.47. The maximum Gasteiger partial charge on any atom is 0.147 e. The third-order valence-corrected chi connectivity index (χ3v) is 3.47. The molecule has 0 saturated carbocycles. The SMILES string of the molecule is C.C.C.C.C.C.CCCCN1C=CN(C)C1.CCCCN1C=CN(C)C1.C[Si](C)(C)Cl.[Cl-]. The average molecular weight is 521 g/mol. The van der Waals surface area contributed by atoms with Crippen LogP contribution in [0.5, 0.6) is 0 Å². The first kappa shape index (κ1) is 53.0. The first-order valence-corrected chi connectivity index (χ1v) is 14.1. The molecule has 0 unspecified atom stereocenters. The molecule has 0 fully saturated rings. The Kier molecular flexibility index (Phi) is 50.5. The van der Waals surface area contributed by atoms with Gasteiger partial charge in [-0.3, -0.25) is 0 Å². The third kappa shape index (κ3) is 36.8. The molecule has 2 heterocycles. The van der Waals surface area contributed by atoms with Gasteiger partial charge in [0.15, 0.2) is 0 Å². The van der Waals surface area contributed by atoms with Crippen molar-refractivity contribution in [2.75, 3.05) is 40.5 Å². The summed E-state index contributed by atoms with van der Waals surface area (Å²) in [5.41, 5.74) is 0. The summed E-state index contributed by atoms with van der Waals surface area (Å²) in [5, 5.41) is 0. The molecule has 0 bridgehead atoms. The first-order valence-electron chi connectivity index (χ1n) is 9.59. The number of rotatable bonds is 6. The van der Waals surface area contributed by atoms with Crippen molar-refractivity contribution < 1.29 is 12.4 Å². The Balaban J connectivity index is -0.0000000423.